The lowest BCUT2D eigenvalue weighted by Crippen LogP contribution is -2.07. The summed E-state index contributed by atoms with van der Waals surface area (Å²) in [6.45, 7) is 6.98. The van der Waals surface area contributed by atoms with Crippen LogP contribution >= 0.6 is 0 Å². The number of hydrogen-bond donors (Lipinski definition) is 1. The Hall–Kier alpha value is -1.32. The second-order valence-corrected chi connectivity index (χ2v) is 3.40. The maximum atomic E-state index is 5.23. The zero-order chi connectivity index (χ0) is 11.3. The van der Waals surface area contributed by atoms with E-state index >= 15 is 0 Å². The van der Waals surface area contributed by atoms with Gasteiger partial charge in [-0.15, -0.1) is 0 Å². The Morgan fingerprint density at radius 1 is 1.27 bits per heavy atom. The summed E-state index contributed by atoms with van der Waals surface area (Å²) in [4.78, 5) is 8.81. The van der Waals surface area contributed by atoms with E-state index in [1.807, 2.05) is 13.8 Å². The standard InChI is InChI=1S/C11H19N3O/c1-5-7-9-13-10(12-6-2)8(3)11(14-9)15-4/h5-7H2,1-4H3,(H,12,13,14). The number of methoxy groups -OCH3 is 1. The molecule has 84 valence electrons. The molecular formula is C11H19N3O. The Bertz CT molecular complexity index is 326. The number of hydrogen-bond acceptors (Lipinski definition) is 4. The van der Waals surface area contributed by atoms with Crippen LogP contribution in [0.2, 0.25) is 0 Å². The topological polar surface area (TPSA) is 47.0 Å². The molecule has 1 heterocycles. The molecule has 0 aromatic carbocycles. The highest BCUT2D eigenvalue weighted by atomic mass is 16.5. The van der Waals surface area contributed by atoms with Gasteiger partial charge in [-0.2, -0.15) is 4.98 Å². The number of anilines is 1. The van der Waals surface area contributed by atoms with Crippen molar-refractivity contribution in [2.45, 2.75) is 33.6 Å². The van der Waals surface area contributed by atoms with Crippen molar-refractivity contribution in [2.24, 2.45) is 0 Å². The van der Waals surface area contributed by atoms with Gasteiger partial charge < -0.3 is 10.1 Å². The van der Waals surface area contributed by atoms with Crippen LogP contribution in [-0.4, -0.2) is 23.6 Å². The van der Waals surface area contributed by atoms with Gasteiger partial charge in [0.05, 0.1) is 12.7 Å². The van der Waals surface area contributed by atoms with Crippen molar-refractivity contribution in [1.82, 2.24) is 9.97 Å². The summed E-state index contributed by atoms with van der Waals surface area (Å²) in [6.07, 6.45) is 1.92. The maximum absolute atomic E-state index is 5.23. The van der Waals surface area contributed by atoms with Gasteiger partial charge in [0, 0.05) is 13.0 Å². The summed E-state index contributed by atoms with van der Waals surface area (Å²) < 4.78 is 5.23. The fraction of sp³-hybridized carbons (Fsp3) is 0.636. The predicted octanol–water partition coefficient (Wildman–Crippen LogP) is 2.18. The Morgan fingerprint density at radius 2 is 2.00 bits per heavy atom. The number of aromatic nitrogens is 2. The largest absolute Gasteiger partial charge is 0.481 e. The Kier molecular flexibility index (Phi) is 4.34. The van der Waals surface area contributed by atoms with Crippen LogP contribution in [0.1, 0.15) is 31.7 Å². The quantitative estimate of drug-likeness (QED) is 0.807. The molecule has 1 N–H and O–H groups in total. The SMILES string of the molecule is CCCc1nc(NCC)c(C)c(OC)n1. The molecule has 0 aliphatic heterocycles. The van der Waals surface area contributed by atoms with Crippen LogP contribution in [0.25, 0.3) is 0 Å². The molecule has 0 aliphatic carbocycles. The Morgan fingerprint density at radius 3 is 2.53 bits per heavy atom. The van der Waals surface area contributed by atoms with Gasteiger partial charge >= 0.3 is 0 Å². The average molecular weight is 209 g/mol. The normalized spacial score (nSPS) is 10.1. The minimum Gasteiger partial charge on any atom is -0.481 e. The van der Waals surface area contributed by atoms with E-state index in [2.05, 4.69) is 22.2 Å². The minimum atomic E-state index is 0.671. The lowest BCUT2D eigenvalue weighted by atomic mass is 10.3. The molecule has 1 aromatic rings. The molecule has 0 saturated carbocycles. The monoisotopic (exact) mass is 209 g/mol. The molecule has 0 bridgehead atoms. The second kappa shape index (κ2) is 5.53. The third-order valence-electron chi connectivity index (χ3n) is 2.16. The van der Waals surface area contributed by atoms with E-state index in [4.69, 9.17) is 4.74 Å². The second-order valence-electron chi connectivity index (χ2n) is 3.40. The van der Waals surface area contributed by atoms with Crippen LogP contribution in [0, 0.1) is 6.92 Å². The van der Waals surface area contributed by atoms with Gasteiger partial charge in [-0.25, -0.2) is 4.98 Å². The molecule has 0 amide bonds. The zero-order valence-electron chi connectivity index (χ0n) is 9.92. The van der Waals surface area contributed by atoms with Crippen molar-refractivity contribution < 1.29 is 4.74 Å². The van der Waals surface area contributed by atoms with Crippen molar-refractivity contribution in [3.8, 4) is 5.88 Å². The minimum absolute atomic E-state index is 0.671. The molecule has 4 heteroatoms. The summed E-state index contributed by atoms with van der Waals surface area (Å²) in [7, 11) is 1.64. The number of rotatable bonds is 5. The molecule has 0 atom stereocenters. The third-order valence-corrected chi connectivity index (χ3v) is 2.16. The lowest BCUT2D eigenvalue weighted by Gasteiger charge is -2.11. The third kappa shape index (κ3) is 2.81. The predicted molar refractivity (Wildman–Crippen MR) is 61.5 cm³/mol. The highest BCUT2D eigenvalue weighted by molar-refractivity contribution is 5.48. The molecule has 0 aliphatic rings. The van der Waals surface area contributed by atoms with Crippen LogP contribution in [0.3, 0.4) is 0 Å². The van der Waals surface area contributed by atoms with Crippen molar-refractivity contribution >= 4 is 5.82 Å². The van der Waals surface area contributed by atoms with E-state index < -0.39 is 0 Å². The van der Waals surface area contributed by atoms with E-state index in [9.17, 15) is 0 Å². The first-order valence-corrected chi connectivity index (χ1v) is 5.38. The van der Waals surface area contributed by atoms with Crippen molar-refractivity contribution in [3.05, 3.63) is 11.4 Å². The summed E-state index contributed by atoms with van der Waals surface area (Å²) in [5.74, 6) is 2.40. The summed E-state index contributed by atoms with van der Waals surface area (Å²) in [5.41, 5.74) is 0.971. The number of ether oxygens (including phenoxy) is 1. The van der Waals surface area contributed by atoms with Gasteiger partial charge in [0.2, 0.25) is 5.88 Å². The molecule has 0 spiro atoms. The molecule has 0 fully saturated rings. The van der Waals surface area contributed by atoms with Crippen molar-refractivity contribution in [2.75, 3.05) is 19.0 Å². The van der Waals surface area contributed by atoms with Gasteiger partial charge in [-0.3, -0.25) is 0 Å². The molecule has 0 radical (unpaired) electrons. The van der Waals surface area contributed by atoms with Gasteiger partial charge in [-0.05, 0) is 20.3 Å². The number of nitrogens with zero attached hydrogens (tertiary/aromatic N) is 2. The summed E-state index contributed by atoms with van der Waals surface area (Å²) in [6, 6.07) is 0. The summed E-state index contributed by atoms with van der Waals surface area (Å²) >= 11 is 0. The van der Waals surface area contributed by atoms with Gasteiger partial charge in [0.1, 0.15) is 11.6 Å². The maximum Gasteiger partial charge on any atom is 0.221 e. The van der Waals surface area contributed by atoms with E-state index in [1.165, 1.54) is 0 Å². The van der Waals surface area contributed by atoms with Crippen LogP contribution in [0.5, 0.6) is 5.88 Å². The molecule has 1 rings (SSSR count). The molecular weight excluding hydrogens is 190 g/mol. The fourth-order valence-corrected chi connectivity index (χ4v) is 1.41. The fourth-order valence-electron chi connectivity index (χ4n) is 1.41. The molecule has 0 unspecified atom stereocenters. The van der Waals surface area contributed by atoms with Crippen molar-refractivity contribution in [1.29, 1.82) is 0 Å². The van der Waals surface area contributed by atoms with Crippen molar-refractivity contribution in [3.63, 3.8) is 0 Å². The Balaban J connectivity index is 3.07. The highest BCUT2D eigenvalue weighted by Gasteiger charge is 2.09. The van der Waals surface area contributed by atoms with E-state index in [1.54, 1.807) is 7.11 Å². The van der Waals surface area contributed by atoms with E-state index in [0.29, 0.717) is 5.88 Å². The molecule has 4 nitrogen and oxygen atoms in total. The number of aryl methyl sites for hydroxylation is 1. The lowest BCUT2D eigenvalue weighted by molar-refractivity contribution is 0.391. The van der Waals surface area contributed by atoms with E-state index in [0.717, 1.165) is 36.6 Å². The molecule has 1 aromatic heterocycles. The van der Waals surface area contributed by atoms with E-state index in [-0.39, 0.29) is 0 Å². The highest BCUT2D eigenvalue weighted by Crippen LogP contribution is 2.21. The smallest absolute Gasteiger partial charge is 0.221 e. The van der Waals surface area contributed by atoms with Crippen LogP contribution in [-0.2, 0) is 6.42 Å². The first-order chi connectivity index (χ1) is 7.22. The van der Waals surface area contributed by atoms with Gasteiger partial charge in [0.15, 0.2) is 0 Å². The summed E-state index contributed by atoms with van der Waals surface area (Å²) in [5, 5.41) is 3.22. The van der Waals surface area contributed by atoms with Gasteiger partial charge in [-0.1, -0.05) is 6.92 Å². The zero-order valence-corrected chi connectivity index (χ0v) is 9.92. The average Bonchev–Trinajstić information content (AvgIpc) is 2.23. The molecule has 15 heavy (non-hydrogen) atoms. The van der Waals surface area contributed by atoms with Crippen LogP contribution in [0.15, 0.2) is 0 Å². The van der Waals surface area contributed by atoms with Crippen LogP contribution < -0.4 is 10.1 Å². The first kappa shape index (κ1) is 11.8. The first-order valence-electron chi connectivity index (χ1n) is 5.38. The number of nitrogens with one attached hydrogen (secondary N) is 1. The van der Waals surface area contributed by atoms with Gasteiger partial charge in [0.25, 0.3) is 0 Å². The molecule has 0 saturated heterocycles. The van der Waals surface area contributed by atoms with Crippen LogP contribution in [0.4, 0.5) is 5.82 Å². The Labute approximate surface area is 91.1 Å².